The first-order valence-electron chi connectivity index (χ1n) is 10.4. The van der Waals surface area contributed by atoms with Crippen molar-refractivity contribution in [2.24, 2.45) is 0 Å². The van der Waals surface area contributed by atoms with Crippen LogP contribution in [-0.4, -0.2) is 60.8 Å². The summed E-state index contributed by atoms with van der Waals surface area (Å²) in [5, 5.41) is 14.7. The molecule has 164 valence electrons. The maximum absolute atomic E-state index is 13.0. The highest BCUT2D eigenvalue weighted by Gasteiger charge is 2.28. The summed E-state index contributed by atoms with van der Waals surface area (Å²) in [6.07, 6.45) is 3.67. The quantitative estimate of drug-likeness (QED) is 0.478. The molecule has 0 unspecified atom stereocenters. The zero-order valence-electron chi connectivity index (χ0n) is 17.9. The lowest BCUT2D eigenvalue weighted by molar-refractivity contribution is -0.384. The van der Waals surface area contributed by atoms with Gasteiger partial charge in [0, 0.05) is 44.3 Å². The van der Waals surface area contributed by atoms with Crippen LogP contribution in [0.4, 0.5) is 11.4 Å². The number of sulfonamides is 1. The monoisotopic (exact) mass is 426 g/mol. The van der Waals surface area contributed by atoms with Gasteiger partial charge >= 0.3 is 0 Å². The first-order valence-corrected chi connectivity index (χ1v) is 11.9. The topological polar surface area (TPSA) is 95.8 Å². The third-order valence-corrected chi connectivity index (χ3v) is 7.28. The van der Waals surface area contributed by atoms with E-state index in [1.54, 1.807) is 0 Å². The second-order valence-corrected chi connectivity index (χ2v) is 10.0. The van der Waals surface area contributed by atoms with Gasteiger partial charge in [0.05, 0.1) is 9.82 Å². The van der Waals surface area contributed by atoms with E-state index in [1.807, 2.05) is 0 Å². The summed E-state index contributed by atoms with van der Waals surface area (Å²) in [6, 6.07) is 4.90. The van der Waals surface area contributed by atoms with Crippen LogP contribution in [0.1, 0.15) is 53.4 Å². The molecule has 8 nitrogen and oxygen atoms in total. The molecule has 0 radical (unpaired) electrons. The molecule has 1 aliphatic heterocycles. The van der Waals surface area contributed by atoms with Gasteiger partial charge in [0.1, 0.15) is 5.69 Å². The number of rotatable bonds is 9. The fraction of sp³-hybridized carbons (Fsp3) is 0.700. The van der Waals surface area contributed by atoms with E-state index in [0.29, 0.717) is 37.4 Å². The fourth-order valence-electron chi connectivity index (χ4n) is 3.84. The molecule has 1 N–H and O–H groups in total. The zero-order valence-corrected chi connectivity index (χ0v) is 18.7. The molecule has 0 spiro atoms. The van der Waals surface area contributed by atoms with Gasteiger partial charge < -0.3 is 5.32 Å². The van der Waals surface area contributed by atoms with E-state index in [-0.39, 0.29) is 10.6 Å². The normalized spacial score (nSPS) is 16.4. The summed E-state index contributed by atoms with van der Waals surface area (Å²) in [6.45, 7) is 10.7. The molecular formula is C20H34N4O4S. The maximum atomic E-state index is 13.0. The Kier molecular flexibility index (Phi) is 8.42. The molecule has 1 aromatic carbocycles. The van der Waals surface area contributed by atoms with Crippen LogP contribution in [0.15, 0.2) is 23.1 Å². The van der Waals surface area contributed by atoms with E-state index in [0.717, 1.165) is 32.2 Å². The summed E-state index contributed by atoms with van der Waals surface area (Å²) in [5.74, 6) is 0. The van der Waals surface area contributed by atoms with Gasteiger partial charge in [-0.25, -0.2) is 8.42 Å². The van der Waals surface area contributed by atoms with Gasteiger partial charge in [0.25, 0.3) is 5.69 Å². The highest BCUT2D eigenvalue weighted by atomic mass is 32.2. The van der Waals surface area contributed by atoms with Gasteiger partial charge in [-0.05, 0) is 52.7 Å². The van der Waals surface area contributed by atoms with E-state index in [9.17, 15) is 18.5 Å². The van der Waals surface area contributed by atoms with E-state index in [1.165, 1.54) is 22.5 Å². The number of nitrogens with zero attached hydrogens (tertiary/aromatic N) is 3. The Morgan fingerprint density at radius 1 is 1.10 bits per heavy atom. The van der Waals surface area contributed by atoms with E-state index >= 15 is 0 Å². The van der Waals surface area contributed by atoms with Crippen molar-refractivity contribution in [2.45, 2.75) is 70.4 Å². The Bertz CT molecular complexity index is 780. The Morgan fingerprint density at radius 3 is 2.21 bits per heavy atom. The third kappa shape index (κ3) is 6.13. The van der Waals surface area contributed by atoms with Crippen molar-refractivity contribution in [1.82, 2.24) is 9.21 Å². The van der Waals surface area contributed by atoms with Crippen LogP contribution in [0.5, 0.6) is 0 Å². The second-order valence-electron chi connectivity index (χ2n) is 8.11. The Labute approximate surface area is 174 Å². The Hall–Kier alpha value is -1.71. The molecule has 0 aromatic heterocycles. The molecule has 0 saturated carbocycles. The van der Waals surface area contributed by atoms with Gasteiger partial charge in [-0.3, -0.25) is 15.0 Å². The lowest BCUT2D eigenvalue weighted by Gasteiger charge is -2.30. The van der Waals surface area contributed by atoms with Crippen molar-refractivity contribution in [1.29, 1.82) is 0 Å². The van der Waals surface area contributed by atoms with Gasteiger partial charge in [-0.1, -0.05) is 12.8 Å². The van der Waals surface area contributed by atoms with Crippen LogP contribution in [0.2, 0.25) is 0 Å². The number of benzene rings is 1. The molecule has 2 rings (SSSR count). The molecule has 29 heavy (non-hydrogen) atoms. The summed E-state index contributed by atoms with van der Waals surface area (Å²) in [4.78, 5) is 13.3. The van der Waals surface area contributed by atoms with E-state index in [2.05, 4.69) is 37.9 Å². The molecule has 0 bridgehead atoms. The van der Waals surface area contributed by atoms with E-state index < -0.39 is 14.9 Å². The summed E-state index contributed by atoms with van der Waals surface area (Å²) < 4.78 is 27.4. The molecule has 0 atom stereocenters. The molecule has 1 saturated heterocycles. The van der Waals surface area contributed by atoms with Crippen LogP contribution < -0.4 is 5.32 Å². The molecule has 0 aliphatic carbocycles. The molecule has 1 aliphatic rings. The van der Waals surface area contributed by atoms with Crippen LogP contribution in [0, 0.1) is 10.1 Å². The Balaban J connectivity index is 2.19. The van der Waals surface area contributed by atoms with Crippen molar-refractivity contribution < 1.29 is 13.3 Å². The zero-order chi connectivity index (χ0) is 21.6. The van der Waals surface area contributed by atoms with Crippen LogP contribution in [0.3, 0.4) is 0 Å². The average Bonchev–Trinajstić information content (AvgIpc) is 2.94. The van der Waals surface area contributed by atoms with Gasteiger partial charge in [-0.2, -0.15) is 4.31 Å². The average molecular weight is 427 g/mol. The highest BCUT2D eigenvalue weighted by Crippen LogP contribution is 2.29. The number of anilines is 1. The lowest BCUT2D eigenvalue weighted by Crippen LogP contribution is -2.40. The molecule has 1 heterocycles. The minimum absolute atomic E-state index is 0.0114. The molecule has 1 fully saturated rings. The van der Waals surface area contributed by atoms with Gasteiger partial charge in [-0.15, -0.1) is 0 Å². The maximum Gasteiger partial charge on any atom is 0.293 e. The largest absolute Gasteiger partial charge is 0.378 e. The number of nitrogens with one attached hydrogen (secondary N) is 1. The number of hydrogen-bond acceptors (Lipinski definition) is 6. The molecule has 1 aromatic rings. The first kappa shape index (κ1) is 23.6. The number of hydrogen-bond donors (Lipinski definition) is 1. The molecular weight excluding hydrogens is 392 g/mol. The van der Waals surface area contributed by atoms with Crippen LogP contribution >= 0.6 is 0 Å². The standard InChI is InChI=1S/C20H34N4O4S/c1-16(2)23(17(3)4)14-11-21-19-10-9-18(15-20(19)24(25)26)29(27,28)22-12-7-5-6-8-13-22/h9-10,15-17,21H,5-8,11-14H2,1-4H3. The predicted octanol–water partition coefficient (Wildman–Crippen LogP) is 3.69. The van der Waals surface area contributed by atoms with Gasteiger partial charge in [0.15, 0.2) is 0 Å². The van der Waals surface area contributed by atoms with Crippen LogP contribution in [0.25, 0.3) is 0 Å². The Morgan fingerprint density at radius 2 is 1.69 bits per heavy atom. The lowest BCUT2D eigenvalue weighted by atomic mass is 10.2. The number of nitro groups is 1. The smallest absolute Gasteiger partial charge is 0.293 e. The molecule has 9 heteroatoms. The van der Waals surface area contributed by atoms with Crippen LogP contribution in [-0.2, 0) is 10.0 Å². The summed E-state index contributed by atoms with van der Waals surface area (Å²) in [5.41, 5.74) is 0.138. The summed E-state index contributed by atoms with van der Waals surface area (Å²) in [7, 11) is -3.72. The highest BCUT2D eigenvalue weighted by molar-refractivity contribution is 7.89. The first-order chi connectivity index (χ1) is 13.6. The van der Waals surface area contributed by atoms with Crippen molar-refractivity contribution in [3.05, 3.63) is 28.3 Å². The van der Waals surface area contributed by atoms with Crippen molar-refractivity contribution in [3.63, 3.8) is 0 Å². The number of nitro benzene ring substituents is 1. The van der Waals surface area contributed by atoms with Crippen molar-refractivity contribution in [2.75, 3.05) is 31.5 Å². The van der Waals surface area contributed by atoms with Crippen molar-refractivity contribution >= 4 is 21.4 Å². The predicted molar refractivity (Wildman–Crippen MR) is 116 cm³/mol. The second kappa shape index (κ2) is 10.4. The van der Waals surface area contributed by atoms with Crippen molar-refractivity contribution in [3.8, 4) is 0 Å². The third-order valence-electron chi connectivity index (χ3n) is 5.38. The summed E-state index contributed by atoms with van der Waals surface area (Å²) >= 11 is 0. The SMILES string of the molecule is CC(C)N(CCNc1ccc(S(=O)(=O)N2CCCCCC2)cc1[N+](=O)[O-])C(C)C. The van der Waals surface area contributed by atoms with Gasteiger partial charge in [0.2, 0.25) is 10.0 Å². The minimum Gasteiger partial charge on any atom is -0.378 e. The minimum atomic E-state index is -3.72. The fourth-order valence-corrected chi connectivity index (χ4v) is 5.37. The molecule has 0 amide bonds. The van der Waals surface area contributed by atoms with E-state index in [4.69, 9.17) is 0 Å².